The molecule has 1 saturated heterocycles. The number of benzene rings is 1. The fraction of sp³-hybridized carbons (Fsp3) is 0.583. The summed E-state index contributed by atoms with van der Waals surface area (Å²) in [5, 5.41) is 9.02. The van der Waals surface area contributed by atoms with Crippen molar-refractivity contribution < 1.29 is 5.11 Å². The summed E-state index contributed by atoms with van der Waals surface area (Å²) in [6.07, 6.45) is 15.8. The van der Waals surface area contributed by atoms with Crippen LogP contribution in [0.25, 0.3) is 0 Å². The molecule has 2 heteroatoms. The lowest BCUT2D eigenvalue weighted by Crippen LogP contribution is -2.38. The van der Waals surface area contributed by atoms with Gasteiger partial charge in [0.1, 0.15) is 0 Å². The molecular formula is C24H33NO. The molecule has 1 aromatic rings. The van der Waals surface area contributed by atoms with Gasteiger partial charge in [0.15, 0.2) is 0 Å². The zero-order chi connectivity index (χ0) is 17.8. The molecule has 0 amide bonds. The number of hydrogen-bond acceptors (Lipinski definition) is 2. The van der Waals surface area contributed by atoms with Crippen molar-refractivity contribution in [2.45, 2.75) is 63.8 Å². The Morgan fingerprint density at radius 1 is 1.00 bits per heavy atom. The summed E-state index contributed by atoms with van der Waals surface area (Å²) in [5.74, 6) is 0.856. The number of nitrogens with zero attached hydrogens (tertiary/aromatic N) is 1. The third kappa shape index (κ3) is 3.82. The van der Waals surface area contributed by atoms with E-state index in [9.17, 15) is 0 Å². The van der Waals surface area contributed by atoms with Gasteiger partial charge in [0.2, 0.25) is 0 Å². The van der Waals surface area contributed by atoms with Crippen LogP contribution in [-0.2, 0) is 6.42 Å². The number of allylic oxidation sites excluding steroid dienone is 2. The maximum atomic E-state index is 9.02. The van der Waals surface area contributed by atoms with Crippen molar-refractivity contribution in [3.63, 3.8) is 0 Å². The van der Waals surface area contributed by atoms with Crippen LogP contribution >= 0.6 is 0 Å². The number of unbranched alkanes of at least 4 members (excludes halogenated alkanes) is 1. The van der Waals surface area contributed by atoms with Gasteiger partial charge in [0.25, 0.3) is 0 Å². The average Bonchev–Trinajstić information content (AvgIpc) is 2.86. The molecule has 4 rings (SSSR count). The number of fused-ring (bicyclic) bond motifs is 1. The minimum Gasteiger partial charge on any atom is -0.396 e. The molecule has 1 aromatic carbocycles. The summed E-state index contributed by atoms with van der Waals surface area (Å²) >= 11 is 0. The fourth-order valence-electron chi connectivity index (χ4n) is 5.20. The molecule has 2 aliphatic carbocycles. The molecule has 0 radical (unpaired) electrons. The van der Waals surface area contributed by atoms with E-state index in [0.29, 0.717) is 12.6 Å². The van der Waals surface area contributed by atoms with Gasteiger partial charge in [-0.1, -0.05) is 54.8 Å². The standard InChI is InChI=1S/C24H33NO/c26-18-6-5-7-19-14-16-25(17-15-19)24-22-10-3-1-8-20(22)12-13-21-9-2-4-11-23(21)24/h1,3-4,8,10-11,19,24,26H,2,5-7,9,12-18H2. The highest BCUT2D eigenvalue weighted by molar-refractivity contribution is 5.45. The van der Waals surface area contributed by atoms with E-state index in [4.69, 9.17) is 5.11 Å². The molecule has 2 nitrogen and oxygen atoms in total. The van der Waals surface area contributed by atoms with E-state index in [0.717, 1.165) is 12.3 Å². The van der Waals surface area contributed by atoms with Crippen LogP contribution in [0.2, 0.25) is 0 Å². The summed E-state index contributed by atoms with van der Waals surface area (Å²) < 4.78 is 0. The van der Waals surface area contributed by atoms with Crippen LogP contribution in [0.3, 0.4) is 0 Å². The van der Waals surface area contributed by atoms with Gasteiger partial charge in [-0.15, -0.1) is 0 Å². The molecule has 26 heavy (non-hydrogen) atoms. The molecule has 0 bridgehead atoms. The van der Waals surface area contributed by atoms with E-state index >= 15 is 0 Å². The number of aliphatic hydroxyl groups is 1. The number of likely N-dealkylation sites (tertiary alicyclic amines) is 1. The SMILES string of the molecule is OCCCCC1CCN(C2C3=C(CCC=C3)CCc3ccccc32)CC1. The lowest BCUT2D eigenvalue weighted by Gasteiger charge is -2.39. The van der Waals surface area contributed by atoms with E-state index < -0.39 is 0 Å². The minimum absolute atomic E-state index is 0.348. The second-order valence-corrected chi connectivity index (χ2v) is 8.30. The third-order valence-corrected chi connectivity index (χ3v) is 6.69. The normalized spacial score (nSPS) is 24.3. The number of hydrogen-bond donors (Lipinski definition) is 1. The van der Waals surface area contributed by atoms with Crippen LogP contribution in [0, 0.1) is 5.92 Å². The summed E-state index contributed by atoms with van der Waals surface area (Å²) in [6.45, 7) is 2.78. The quantitative estimate of drug-likeness (QED) is 0.738. The maximum absolute atomic E-state index is 9.02. The molecule has 140 valence electrons. The van der Waals surface area contributed by atoms with Gasteiger partial charge in [0, 0.05) is 6.61 Å². The number of aryl methyl sites for hydroxylation is 1. The van der Waals surface area contributed by atoms with E-state index in [1.54, 1.807) is 22.3 Å². The highest BCUT2D eigenvalue weighted by atomic mass is 16.2. The van der Waals surface area contributed by atoms with Crippen molar-refractivity contribution in [3.8, 4) is 0 Å². The molecule has 1 N–H and O–H groups in total. The maximum Gasteiger partial charge on any atom is 0.0603 e. The van der Waals surface area contributed by atoms with E-state index in [1.165, 1.54) is 64.5 Å². The fourth-order valence-corrected chi connectivity index (χ4v) is 5.20. The Balaban J connectivity index is 1.54. The van der Waals surface area contributed by atoms with Gasteiger partial charge < -0.3 is 5.11 Å². The molecule has 0 saturated carbocycles. The number of aliphatic hydroxyl groups excluding tert-OH is 1. The van der Waals surface area contributed by atoms with Gasteiger partial charge in [-0.2, -0.15) is 0 Å². The zero-order valence-corrected chi connectivity index (χ0v) is 16.0. The first-order valence-electron chi connectivity index (χ1n) is 10.7. The lowest BCUT2D eigenvalue weighted by molar-refractivity contribution is 0.143. The summed E-state index contributed by atoms with van der Waals surface area (Å²) in [4.78, 5) is 2.76. The monoisotopic (exact) mass is 351 g/mol. The second-order valence-electron chi connectivity index (χ2n) is 8.30. The van der Waals surface area contributed by atoms with Crippen LogP contribution in [0.4, 0.5) is 0 Å². The van der Waals surface area contributed by atoms with Crippen LogP contribution in [-0.4, -0.2) is 29.7 Å². The Hall–Kier alpha value is -1.38. The molecule has 1 atom stereocenters. The summed E-state index contributed by atoms with van der Waals surface area (Å²) in [6, 6.07) is 9.64. The van der Waals surface area contributed by atoms with E-state index in [2.05, 4.69) is 41.3 Å². The topological polar surface area (TPSA) is 23.5 Å². The van der Waals surface area contributed by atoms with Gasteiger partial charge in [-0.25, -0.2) is 0 Å². The Bertz CT molecular complexity index is 667. The molecule has 0 aromatic heterocycles. The average molecular weight is 352 g/mol. The first-order chi connectivity index (χ1) is 12.9. The largest absolute Gasteiger partial charge is 0.396 e. The number of rotatable bonds is 5. The van der Waals surface area contributed by atoms with Gasteiger partial charge >= 0.3 is 0 Å². The molecular weight excluding hydrogens is 318 g/mol. The lowest BCUT2D eigenvalue weighted by atomic mass is 9.85. The molecule has 0 spiro atoms. The third-order valence-electron chi connectivity index (χ3n) is 6.69. The molecule has 1 heterocycles. The highest BCUT2D eigenvalue weighted by Gasteiger charge is 2.32. The van der Waals surface area contributed by atoms with Crippen molar-refractivity contribution in [2.75, 3.05) is 19.7 Å². The molecule has 1 aliphatic heterocycles. The van der Waals surface area contributed by atoms with Gasteiger partial charge in [-0.3, -0.25) is 4.90 Å². The zero-order valence-electron chi connectivity index (χ0n) is 16.0. The Labute approximate surface area is 158 Å². The Morgan fingerprint density at radius 3 is 2.69 bits per heavy atom. The summed E-state index contributed by atoms with van der Waals surface area (Å²) in [5.41, 5.74) is 6.44. The van der Waals surface area contributed by atoms with Crippen LogP contribution in [0.1, 0.15) is 68.5 Å². The first kappa shape index (κ1) is 18.0. The predicted molar refractivity (Wildman–Crippen MR) is 108 cm³/mol. The summed E-state index contributed by atoms with van der Waals surface area (Å²) in [7, 11) is 0. The highest BCUT2D eigenvalue weighted by Crippen LogP contribution is 2.42. The smallest absolute Gasteiger partial charge is 0.0603 e. The van der Waals surface area contributed by atoms with E-state index in [1.807, 2.05) is 0 Å². The van der Waals surface area contributed by atoms with Gasteiger partial charge in [0.05, 0.1) is 6.04 Å². The van der Waals surface area contributed by atoms with Crippen LogP contribution in [0.5, 0.6) is 0 Å². The second kappa shape index (κ2) is 8.54. The first-order valence-corrected chi connectivity index (χ1v) is 10.7. The molecule has 1 unspecified atom stereocenters. The van der Waals surface area contributed by atoms with Crippen molar-refractivity contribution in [1.82, 2.24) is 4.90 Å². The Kier molecular flexibility index (Phi) is 5.91. The number of piperidine rings is 1. The van der Waals surface area contributed by atoms with Crippen LogP contribution < -0.4 is 0 Å². The van der Waals surface area contributed by atoms with Crippen molar-refractivity contribution in [2.24, 2.45) is 5.92 Å². The van der Waals surface area contributed by atoms with Crippen LogP contribution in [0.15, 0.2) is 47.6 Å². The molecule has 1 fully saturated rings. The minimum atomic E-state index is 0.348. The molecule has 3 aliphatic rings. The van der Waals surface area contributed by atoms with Crippen molar-refractivity contribution in [1.29, 1.82) is 0 Å². The van der Waals surface area contributed by atoms with Crippen molar-refractivity contribution >= 4 is 0 Å². The van der Waals surface area contributed by atoms with E-state index in [-0.39, 0.29) is 0 Å². The Morgan fingerprint density at radius 2 is 1.85 bits per heavy atom. The predicted octanol–water partition coefficient (Wildman–Crippen LogP) is 5.20. The van der Waals surface area contributed by atoms with Gasteiger partial charge in [-0.05, 0) is 80.7 Å². The van der Waals surface area contributed by atoms with Crippen molar-refractivity contribution in [3.05, 3.63) is 58.7 Å².